The van der Waals surface area contributed by atoms with Gasteiger partial charge in [0.05, 0.1) is 28.2 Å². The summed E-state index contributed by atoms with van der Waals surface area (Å²) in [6.07, 6.45) is -0.313. The van der Waals surface area contributed by atoms with Crippen molar-refractivity contribution in [3.05, 3.63) is 41.0 Å². The number of carbonyl (C=O) groups excluding carboxylic acids is 3. The van der Waals surface area contributed by atoms with Gasteiger partial charge in [-0.05, 0) is 36.8 Å². The van der Waals surface area contributed by atoms with E-state index in [1.807, 2.05) is 64.4 Å². The van der Waals surface area contributed by atoms with Gasteiger partial charge in [0.1, 0.15) is 6.04 Å². The average Bonchev–Trinajstić information content (AvgIpc) is 3.40. The van der Waals surface area contributed by atoms with Crippen molar-refractivity contribution < 1.29 is 19.5 Å². The summed E-state index contributed by atoms with van der Waals surface area (Å²) < 4.78 is 0. The molecule has 3 N–H and O–H groups in total. The molecule has 0 aliphatic carbocycles. The Hall–Kier alpha value is -2.78. The zero-order valence-corrected chi connectivity index (χ0v) is 24.6. The SMILES string of the molecule is Cc1ncsc1-c1ccc([C@H](C)NC(=O)C[C@@H]2C[C@@H](O)CN2C(=O)C(NC(=O)C(C)(C)C)C(C)(C)C)cc1. The molecule has 38 heavy (non-hydrogen) atoms. The van der Waals surface area contributed by atoms with Crippen LogP contribution in [0.5, 0.6) is 0 Å². The molecule has 1 unspecified atom stereocenters. The lowest BCUT2D eigenvalue weighted by molar-refractivity contribution is -0.143. The Labute approximate surface area is 230 Å². The number of aliphatic hydroxyl groups excluding tert-OH is 1. The van der Waals surface area contributed by atoms with Gasteiger partial charge >= 0.3 is 0 Å². The van der Waals surface area contributed by atoms with Gasteiger partial charge in [-0.15, -0.1) is 11.3 Å². The van der Waals surface area contributed by atoms with Crippen molar-refractivity contribution in [2.45, 2.75) is 92.5 Å². The van der Waals surface area contributed by atoms with Crippen molar-refractivity contribution in [2.24, 2.45) is 10.8 Å². The summed E-state index contributed by atoms with van der Waals surface area (Å²) in [5.41, 5.74) is 3.69. The van der Waals surface area contributed by atoms with Gasteiger partial charge in [-0.2, -0.15) is 0 Å². The number of nitrogens with one attached hydrogen (secondary N) is 2. The minimum Gasteiger partial charge on any atom is -0.391 e. The Kier molecular flexibility index (Phi) is 9.04. The molecule has 2 heterocycles. The lowest BCUT2D eigenvalue weighted by atomic mass is 9.84. The van der Waals surface area contributed by atoms with Crippen LogP contribution in [-0.4, -0.2) is 57.4 Å². The smallest absolute Gasteiger partial charge is 0.246 e. The second-order valence-electron chi connectivity index (χ2n) is 12.4. The van der Waals surface area contributed by atoms with Crippen molar-refractivity contribution in [1.82, 2.24) is 20.5 Å². The van der Waals surface area contributed by atoms with E-state index in [9.17, 15) is 19.5 Å². The highest BCUT2D eigenvalue weighted by atomic mass is 32.1. The van der Waals surface area contributed by atoms with Crippen LogP contribution in [0.15, 0.2) is 29.8 Å². The topological polar surface area (TPSA) is 112 Å². The fourth-order valence-corrected chi connectivity index (χ4v) is 5.43. The number of amides is 3. The van der Waals surface area contributed by atoms with E-state index in [0.29, 0.717) is 6.42 Å². The van der Waals surface area contributed by atoms with Crippen LogP contribution >= 0.6 is 11.3 Å². The van der Waals surface area contributed by atoms with Gasteiger partial charge in [0.15, 0.2) is 0 Å². The Morgan fingerprint density at radius 1 is 1.11 bits per heavy atom. The van der Waals surface area contributed by atoms with Crippen LogP contribution in [0.3, 0.4) is 0 Å². The Morgan fingerprint density at radius 2 is 1.74 bits per heavy atom. The van der Waals surface area contributed by atoms with E-state index in [4.69, 9.17) is 0 Å². The molecular formula is C29H42N4O4S. The fourth-order valence-electron chi connectivity index (χ4n) is 4.62. The quantitative estimate of drug-likeness (QED) is 0.485. The Bertz CT molecular complexity index is 1150. The molecule has 1 saturated heterocycles. The normalized spacial score (nSPS) is 19.7. The maximum absolute atomic E-state index is 13.7. The number of aromatic nitrogens is 1. The number of aryl methyl sites for hydroxylation is 1. The van der Waals surface area contributed by atoms with Crippen molar-refractivity contribution in [3.63, 3.8) is 0 Å². The number of rotatable bonds is 7. The summed E-state index contributed by atoms with van der Waals surface area (Å²) in [5.74, 6) is -0.681. The molecule has 1 aromatic carbocycles. The van der Waals surface area contributed by atoms with Crippen molar-refractivity contribution in [3.8, 4) is 10.4 Å². The predicted molar refractivity (Wildman–Crippen MR) is 150 cm³/mol. The molecule has 8 nitrogen and oxygen atoms in total. The minimum atomic E-state index is -0.773. The first kappa shape index (κ1) is 29.8. The molecule has 4 atom stereocenters. The second-order valence-corrected chi connectivity index (χ2v) is 13.3. The summed E-state index contributed by atoms with van der Waals surface area (Å²) >= 11 is 1.60. The van der Waals surface area contributed by atoms with Gasteiger partial charge in [0.2, 0.25) is 17.7 Å². The first-order valence-corrected chi connectivity index (χ1v) is 14.0. The van der Waals surface area contributed by atoms with E-state index in [-0.39, 0.29) is 36.7 Å². The van der Waals surface area contributed by atoms with E-state index >= 15 is 0 Å². The lowest BCUT2D eigenvalue weighted by Gasteiger charge is -2.37. The number of likely N-dealkylation sites (tertiary alicyclic amines) is 1. The number of carbonyl (C=O) groups is 3. The molecule has 1 aromatic heterocycles. The van der Waals surface area contributed by atoms with Crippen LogP contribution < -0.4 is 10.6 Å². The zero-order chi connectivity index (χ0) is 28.4. The number of hydrogen-bond donors (Lipinski definition) is 3. The first-order valence-electron chi connectivity index (χ1n) is 13.2. The predicted octanol–water partition coefficient (Wildman–Crippen LogP) is 4.22. The van der Waals surface area contributed by atoms with E-state index < -0.39 is 29.0 Å². The number of β-amino-alcohol motifs (C(OH)–C–C–N with tert-alkyl or cyclic N) is 1. The number of aliphatic hydroxyl groups is 1. The van der Waals surface area contributed by atoms with E-state index in [0.717, 1.165) is 21.7 Å². The molecule has 1 aliphatic rings. The third kappa shape index (κ3) is 7.20. The third-order valence-corrected chi connectivity index (χ3v) is 7.94. The molecule has 0 saturated carbocycles. The maximum atomic E-state index is 13.7. The molecule has 0 radical (unpaired) electrons. The van der Waals surface area contributed by atoms with Crippen LogP contribution in [0.4, 0.5) is 0 Å². The van der Waals surface area contributed by atoms with E-state index in [2.05, 4.69) is 15.6 Å². The van der Waals surface area contributed by atoms with E-state index in [1.165, 1.54) is 0 Å². The van der Waals surface area contributed by atoms with Gasteiger partial charge in [-0.1, -0.05) is 65.8 Å². The van der Waals surface area contributed by atoms with Crippen molar-refractivity contribution in [2.75, 3.05) is 6.54 Å². The Balaban J connectivity index is 1.67. The van der Waals surface area contributed by atoms with Gasteiger partial charge < -0.3 is 20.6 Å². The number of nitrogens with zero attached hydrogens (tertiary/aromatic N) is 2. The maximum Gasteiger partial charge on any atom is 0.246 e. The summed E-state index contributed by atoms with van der Waals surface area (Å²) in [7, 11) is 0. The van der Waals surface area contributed by atoms with Gasteiger partial charge in [-0.3, -0.25) is 14.4 Å². The van der Waals surface area contributed by atoms with Crippen LogP contribution in [-0.2, 0) is 14.4 Å². The highest BCUT2D eigenvalue weighted by molar-refractivity contribution is 7.13. The molecule has 0 bridgehead atoms. The summed E-state index contributed by atoms with van der Waals surface area (Å²) in [6, 6.07) is 6.63. The molecule has 3 amide bonds. The molecule has 1 fully saturated rings. The number of hydrogen-bond acceptors (Lipinski definition) is 6. The third-order valence-electron chi connectivity index (χ3n) is 6.96. The molecule has 9 heteroatoms. The lowest BCUT2D eigenvalue weighted by Crippen LogP contribution is -2.57. The standard InChI is InChI=1S/C29H42N4O4S/c1-17(19-9-11-20(12-10-19)24-18(2)30-16-38-24)31-23(35)14-21-13-22(34)15-33(21)26(36)25(28(3,4)5)32-27(37)29(6,7)8/h9-12,16-17,21-22,25,34H,13-15H2,1-8H3,(H,31,35)(H,32,37)/t17-,21-,22+,25?/m0/s1. The zero-order valence-electron chi connectivity index (χ0n) is 23.8. The van der Waals surface area contributed by atoms with Gasteiger partial charge in [0.25, 0.3) is 0 Å². The number of thiazole rings is 1. The molecule has 208 valence electrons. The average molecular weight is 543 g/mol. The van der Waals surface area contributed by atoms with Gasteiger partial charge in [0, 0.05) is 24.4 Å². The fraction of sp³-hybridized carbons (Fsp3) is 0.586. The summed E-state index contributed by atoms with van der Waals surface area (Å²) in [4.78, 5) is 46.4. The van der Waals surface area contributed by atoms with Gasteiger partial charge in [-0.25, -0.2) is 4.98 Å². The highest BCUT2D eigenvalue weighted by Crippen LogP contribution is 2.30. The second kappa shape index (κ2) is 11.5. The summed E-state index contributed by atoms with van der Waals surface area (Å²) in [6.45, 7) is 15.1. The van der Waals surface area contributed by atoms with Crippen LogP contribution in [0.25, 0.3) is 10.4 Å². The highest BCUT2D eigenvalue weighted by Gasteiger charge is 2.43. The molecule has 1 aliphatic heterocycles. The Morgan fingerprint density at radius 3 is 2.26 bits per heavy atom. The number of benzene rings is 1. The van der Waals surface area contributed by atoms with E-state index in [1.54, 1.807) is 37.0 Å². The van der Waals surface area contributed by atoms with Crippen molar-refractivity contribution >= 4 is 29.1 Å². The molecular weight excluding hydrogens is 500 g/mol. The van der Waals surface area contributed by atoms with Crippen LogP contribution in [0, 0.1) is 17.8 Å². The molecule has 0 spiro atoms. The first-order chi connectivity index (χ1) is 17.6. The minimum absolute atomic E-state index is 0.0787. The molecule has 2 aromatic rings. The van der Waals surface area contributed by atoms with Crippen molar-refractivity contribution in [1.29, 1.82) is 0 Å². The van der Waals surface area contributed by atoms with Crippen LogP contribution in [0.2, 0.25) is 0 Å². The molecule has 3 rings (SSSR count). The van der Waals surface area contributed by atoms with Crippen LogP contribution in [0.1, 0.15) is 78.6 Å². The summed E-state index contributed by atoms with van der Waals surface area (Å²) in [5, 5.41) is 16.3. The monoisotopic (exact) mass is 542 g/mol. The largest absolute Gasteiger partial charge is 0.391 e.